The molecule has 0 unspecified atom stereocenters. The molecule has 0 atom stereocenters. The van der Waals surface area contributed by atoms with Crippen molar-refractivity contribution in [2.45, 2.75) is 31.3 Å². The second-order valence-electron chi connectivity index (χ2n) is 7.23. The Bertz CT molecular complexity index is 1120. The van der Waals surface area contributed by atoms with Crippen LogP contribution in [0.25, 0.3) is 11.3 Å². The fourth-order valence-electron chi connectivity index (χ4n) is 3.16. The van der Waals surface area contributed by atoms with Crippen LogP contribution in [-0.4, -0.2) is 28.4 Å². The van der Waals surface area contributed by atoms with E-state index in [0.717, 1.165) is 46.0 Å². The third kappa shape index (κ3) is 6.26. The highest BCUT2D eigenvalue weighted by atomic mass is 32.2. The number of pyridine rings is 1. The van der Waals surface area contributed by atoms with Gasteiger partial charge in [0.05, 0.1) is 11.3 Å². The van der Waals surface area contributed by atoms with Gasteiger partial charge in [-0.25, -0.2) is 4.79 Å². The summed E-state index contributed by atoms with van der Waals surface area (Å²) in [7, 11) is 0. The number of ether oxygens (including phenoxy) is 1. The lowest BCUT2D eigenvalue weighted by molar-refractivity contribution is -0.139. The largest absolute Gasteiger partial charge is 0.482 e. The third-order valence-corrected chi connectivity index (χ3v) is 5.81. The van der Waals surface area contributed by atoms with Crippen LogP contribution in [0, 0.1) is 13.8 Å². The second kappa shape index (κ2) is 10.1. The summed E-state index contributed by atoms with van der Waals surface area (Å²) in [4.78, 5) is 16.2. The molecule has 8 heteroatoms. The van der Waals surface area contributed by atoms with E-state index in [1.54, 1.807) is 30.0 Å². The molecule has 0 aliphatic heterocycles. The van der Waals surface area contributed by atoms with Gasteiger partial charge in [0.2, 0.25) is 0 Å². The van der Waals surface area contributed by atoms with Gasteiger partial charge in [-0.3, -0.25) is 4.98 Å². The number of halogens is 3. The molecule has 0 bridgehead atoms. The molecule has 168 valence electrons. The number of hydrogen-bond acceptors (Lipinski definition) is 4. The van der Waals surface area contributed by atoms with Crippen molar-refractivity contribution in [3.63, 3.8) is 0 Å². The number of nitrogens with zero attached hydrogens (tertiary/aromatic N) is 1. The van der Waals surface area contributed by atoms with Gasteiger partial charge in [0, 0.05) is 21.9 Å². The lowest BCUT2D eigenvalue weighted by Gasteiger charge is -2.11. The van der Waals surface area contributed by atoms with Crippen LogP contribution in [-0.2, 0) is 17.4 Å². The summed E-state index contributed by atoms with van der Waals surface area (Å²) in [6.07, 6.45) is -3.64. The topological polar surface area (TPSA) is 59.4 Å². The van der Waals surface area contributed by atoms with Gasteiger partial charge < -0.3 is 9.84 Å². The molecule has 2 aromatic carbocycles. The molecule has 3 aromatic rings. The van der Waals surface area contributed by atoms with E-state index in [4.69, 9.17) is 9.84 Å². The summed E-state index contributed by atoms with van der Waals surface area (Å²) in [5.41, 5.74) is 2.94. The maximum atomic E-state index is 13.0. The standard InChI is InChI=1S/C24H22F3NO3S/c1-15-12-20(7-9-22(15)31-14-23(29)30)32-11-10-17-6-8-21(28-16(17)2)18-4-3-5-19(13-18)24(25,26)27/h3-9,12-13H,10-11,14H2,1-2H3,(H,29,30). The maximum Gasteiger partial charge on any atom is 0.416 e. The van der Waals surface area contributed by atoms with Crippen LogP contribution >= 0.6 is 11.8 Å². The smallest absolute Gasteiger partial charge is 0.416 e. The highest BCUT2D eigenvalue weighted by molar-refractivity contribution is 7.99. The van der Waals surface area contributed by atoms with E-state index in [0.29, 0.717) is 17.0 Å². The van der Waals surface area contributed by atoms with E-state index < -0.39 is 17.7 Å². The number of rotatable bonds is 8. The van der Waals surface area contributed by atoms with E-state index in [1.165, 1.54) is 6.07 Å². The molecule has 0 spiro atoms. The summed E-state index contributed by atoms with van der Waals surface area (Å²) in [6.45, 7) is 3.34. The van der Waals surface area contributed by atoms with E-state index in [9.17, 15) is 18.0 Å². The first-order valence-corrected chi connectivity index (χ1v) is 10.8. The molecule has 0 amide bonds. The molecule has 0 saturated carbocycles. The fourth-order valence-corrected chi connectivity index (χ4v) is 4.14. The van der Waals surface area contributed by atoms with Crippen molar-refractivity contribution >= 4 is 17.7 Å². The van der Waals surface area contributed by atoms with Crippen LogP contribution in [0.5, 0.6) is 5.75 Å². The van der Waals surface area contributed by atoms with E-state index in [1.807, 2.05) is 32.0 Å². The number of alkyl halides is 3. The predicted octanol–water partition coefficient (Wildman–Crippen LogP) is 6.18. The summed E-state index contributed by atoms with van der Waals surface area (Å²) in [6, 6.07) is 14.4. The Morgan fingerprint density at radius 1 is 1.09 bits per heavy atom. The van der Waals surface area contributed by atoms with Crippen LogP contribution < -0.4 is 4.74 Å². The van der Waals surface area contributed by atoms with Gasteiger partial charge >= 0.3 is 12.1 Å². The highest BCUT2D eigenvalue weighted by Crippen LogP contribution is 2.32. The number of carbonyl (C=O) groups is 1. The van der Waals surface area contributed by atoms with Crippen molar-refractivity contribution in [2.75, 3.05) is 12.4 Å². The van der Waals surface area contributed by atoms with Crippen molar-refractivity contribution in [3.05, 3.63) is 77.0 Å². The molecule has 0 saturated heterocycles. The molecule has 0 aliphatic carbocycles. The van der Waals surface area contributed by atoms with Gasteiger partial charge in [0.25, 0.3) is 0 Å². The minimum Gasteiger partial charge on any atom is -0.482 e. The summed E-state index contributed by atoms with van der Waals surface area (Å²) >= 11 is 1.65. The van der Waals surface area contributed by atoms with Crippen molar-refractivity contribution in [3.8, 4) is 17.0 Å². The number of hydrogen-bond donors (Lipinski definition) is 1. The second-order valence-corrected chi connectivity index (χ2v) is 8.40. The minimum absolute atomic E-state index is 0.379. The number of benzene rings is 2. The molecule has 3 rings (SSSR count). The number of aryl methyl sites for hydroxylation is 3. The lowest BCUT2D eigenvalue weighted by Crippen LogP contribution is -2.10. The molecule has 0 radical (unpaired) electrons. The zero-order valence-corrected chi connectivity index (χ0v) is 18.4. The first kappa shape index (κ1) is 23.7. The van der Waals surface area contributed by atoms with Gasteiger partial charge in [-0.1, -0.05) is 18.2 Å². The Labute approximate surface area is 188 Å². The number of carboxylic acids is 1. The average Bonchev–Trinajstić information content (AvgIpc) is 2.73. The van der Waals surface area contributed by atoms with Crippen molar-refractivity contribution < 1.29 is 27.8 Å². The Kier molecular flexibility index (Phi) is 7.45. The van der Waals surface area contributed by atoms with Gasteiger partial charge in [-0.05, 0) is 67.8 Å². The highest BCUT2D eigenvalue weighted by Gasteiger charge is 2.30. The number of carboxylic acid groups (broad SMARTS) is 1. The zero-order chi connectivity index (χ0) is 23.3. The Hall–Kier alpha value is -3.00. The van der Waals surface area contributed by atoms with Crippen LogP contribution in [0.1, 0.15) is 22.4 Å². The third-order valence-electron chi connectivity index (χ3n) is 4.82. The lowest BCUT2D eigenvalue weighted by atomic mass is 10.0. The number of aromatic nitrogens is 1. The summed E-state index contributed by atoms with van der Waals surface area (Å²) in [5.74, 6) is 0.313. The number of thioether (sulfide) groups is 1. The van der Waals surface area contributed by atoms with Gasteiger partial charge in [0.15, 0.2) is 6.61 Å². The van der Waals surface area contributed by atoms with Crippen molar-refractivity contribution in [1.82, 2.24) is 4.98 Å². The van der Waals surface area contributed by atoms with Crippen LogP contribution in [0.2, 0.25) is 0 Å². The van der Waals surface area contributed by atoms with Gasteiger partial charge in [-0.15, -0.1) is 11.8 Å². The first-order valence-electron chi connectivity index (χ1n) is 9.85. The number of aliphatic carboxylic acids is 1. The first-order chi connectivity index (χ1) is 15.1. The SMILES string of the molecule is Cc1cc(SCCc2ccc(-c3cccc(C(F)(F)F)c3)nc2C)ccc1OCC(=O)O. The Morgan fingerprint density at radius 3 is 2.53 bits per heavy atom. The summed E-state index contributed by atoms with van der Waals surface area (Å²) in [5, 5.41) is 8.71. The minimum atomic E-state index is -4.39. The van der Waals surface area contributed by atoms with E-state index in [-0.39, 0.29) is 6.61 Å². The Morgan fingerprint density at radius 2 is 1.88 bits per heavy atom. The van der Waals surface area contributed by atoms with Gasteiger partial charge in [0.1, 0.15) is 5.75 Å². The van der Waals surface area contributed by atoms with Crippen LogP contribution in [0.3, 0.4) is 0 Å². The molecule has 0 fully saturated rings. The predicted molar refractivity (Wildman–Crippen MR) is 118 cm³/mol. The molecule has 1 aromatic heterocycles. The quantitative estimate of drug-likeness (QED) is 0.406. The van der Waals surface area contributed by atoms with Crippen molar-refractivity contribution in [2.24, 2.45) is 0 Å². The van der Waals surface area contributed by atoms with Gasteiger partial charge in [-0.2, -0.15) is 13.2 Å². The molecule has 4 nitrogen and oxygen atoms in total. The normalized spacial score (nSPS) is 11.4. The van der Waals surface area contributed by atoms with E-state index >= 15 is 0 Å². The molecular weight excluding hydrogens is 439 g/mol. The Balaban J connectivity index is 1.62. The maximum absolute atomic E-state index is 13.0. The van der Waals surface area contributed by atoms with Crippen LogP contribution in [0.4, 0.5) is 13.2 Å². The summed E-state index contributed by atoms with van der Waals surface area (Å²) < 4.78 is 44.1. The van der Waals surface area contributed by atoms with Crippen molar-refractivity contribution in [1.29, 1.82) is 0 Å². The molecule has 32 heavy (non-hydrogen) atoms. The monoisotopic (exact) mass is 461 g/mol. The van der Waals surface area contributed by atoms with Crippen LogP contribution in [0.15, 0.2) is 59.5 Å². The zero-order valence-electron chi connectivity index (χ0n) is 17.6. The molecule has 1 heterocycles. The molecule has 0 aliphatic rings. The average molecular weight is 462 g/mol. The molecular formula is C24H22F3NO3S. The van der Waals surface area contributed by atoms with E-state index in [2.05, 4.69) is 4.98 Å². The fraction of sp³-hybridized carbons (Fsp3) is 0.250. The molecule has 1 N–H and O–H groups in total.